The molecule has 0 atom stereocenters. The second-order valence-corrected chi connectivity index (χ2v) is 4.97. The predicted octanol–water partition coefficient (Wildman–Crippen LogP) is 3.37. The van der Waals surface area contributed by atoms with Crippen molar-refractivity contribution >= 4 is 28.3 Å². The average Bonchev–Trinajstić information content (AvgIpc) is 2.42. The number of nitrogens with zero attached hydrogens (tertiary/aromatic N) is 1. The van der Waals surface area contributed by atoms with E-state index in [1.165, 1.54) is 27.5 Å². The van der Waals surface area contributed by atoms with Crippen molar-refractivity contribution in [1.29, 1.82) is 0 Å². The lowest BCUT2D eigenvalue weighted by atomic mass is 10.0. The van der Waals surface area contributed by atoms with E-state index in [0.29, 0.717) is 0 Å². The number of rotatable bonds is 1. The first-order valence-corrected chi connectivity index (χ1v) is 6.28. The van der Waals surface area contributed by atoms with Gasteiger partial charge in [0.15, 0.2) is 0 Å². The molecule has 0 fully saturated rings. The first-order valence-electron chi connectivity index (χ1n) is 5.20. The highest BCUT2D eigenvalue weighted by Crippen LogP contribution is 2.23. The van der Waals surface area contributed by atoms with Crippen molar-refractivity contribution < 1.29 is 4.84 Å². The SMILES string of the molecule is CO/N=C1/CCCCc2ccc(I)cc21. The molecule has 0 saturated carbocycles. The van der Waals surface area contributed by atoms with E-state index in [2.05, 4.69) is 45.9 Å². The molecule has 0 amide bonds. The maximum atomic E-state index is 4.92. The molecule has 0 saturated heterocycles. The summed E-state index contributed by atoms with van der Waals surface area (Å²) in [6.07, 6.45) is 4.64. The number of benzene rings is 1. The van der Waals surface area contributed by atoms with Crippen molar-refractivity contribution in [3.05, 3.63) is 32.9 Å². The zero-order chi connectivity index (χ0) is 10.7. The van der Waals surface area contributed by atoms with Crippen molar-refractivity contribution in [2.75, 3.05) is 7.11 Å². The number of halogens is 1. The van der Waals surface area contributed by atoms with Gasteiger partial charge < -0.3 is 4.84 Å². The largest absolute Gasteiger partial charge is 0.399 e. The summed E-state index contributed by atoms with van der Waals surface area (Å²) in [5.74, 6) is 0. The summed E-state index contributed by atoms with van der Waals surface area (Å²) < 4.78 is 1.26. The van der Waals surface area contributed by atoms with E-state index < -0.39 is 0 Å². The summed E-state index contributed by atoms with van der Waals surface area (Å²) >= 11 is 2.34. The summed E-state index contributed by atoms with van der Waals surface area (Å²) in [7, 11) is 1.62. The summed E-state index contributed by atoms with van der Waals surface area (Å²) in [6, 6.07) is 6.59. The zero-order valence-corrected chi connectivity index (χ0v) is 11.0. The van der Waals surface area contributed by atoms with Crippen LogP contribution in [0.5, 0.6) is 0 Å². The molecular weight excluding hydrogens is 301 g/mol. The molecule has 2 rings (SSSR count). The van der Waals surface area contributed by atoms with E-state index in [4.69, 9.17) is 4.84 Å². The number of oxime groups is 1. The van der Waals surface area contributed by atoms with E-state index >= 15 is 0 Å². The summed E-state index contributed by atoms with van der Waals surface area (Å²) in [5.41, 5.74) is 3.79. The summed E-state index contributed by atoms with van der Waals surface area (Å²) in [6.45, 7) is 0. The maximum Gasteiger partial charge on any atom is 0.106 e. The van der Waals surface area contributed by atoms with Gasteiger partial charge in [0.05, 0.1) is 5.71 Å². The molecular formula is C12H14INO. The Hall–Kier alpha value is -0.580. The molecule has 0 unspecified atom stereocenters. The van der Waals surface area contributed by atoms with Crippen molar-refractivity contribution in [2.45, 2.75) is 25.7 Å². The molecule has 1 aliphatic rings. The quantitative estimate of drug-likeness (QED) is 0.442. The Morgan fingerprint density at radius 2 is 2.07 bits per heavy atom. The predicted molar refractivity (Wildman–Crippen MR) is 70.3 cm³/mol. The molecule has 0 heterocycles. The van der Waals surface area contributed by atoms with Gasteiger partial charge in [-0.2, -0.15) is 0 Å². The monoisotopic (exact) mass is 315 g/mol. The lowest BCUT2D eigenvalue weighted by Gasteiger charge is -2.07. The first-order chi connectivity index (χ1) is 7.31. The molecule has 0 N–H and O–H groups in total. The van der Waals surface area contributed by atoms with Crippen LogP contribution in [0.3, 0.4) is 0 Å². The van der Waals surface area contributed by atoms with Crippen LogP contribution >= 0.6 is 22.6 Å². The van der Waals surface area contributed by atoms with Crippen LogP contribution < -0.4 is 0 Å². The van der Waals surface area contributed by atoms with Crippen LogP contribution in [-0.4, -0.2) is 12.8 Å². The lowest BCUT2D eigenvalue weighted by Crippen LogP contribution is -2.03. The third-order valence-corrected chi connectivity index (χ3v) is 3.36. The van der Waals surface area contributed by atoms with Crippen LogP contribution in [0.4, 0.5) is 0 Å². The number of hydrogen-bond donors (Lipinski definition) is 0. The van der Waals surface area contributed by atoms with E-state index in [1.54, 1.807) is 7.11 Å². The number of aryl methyl sites for hydroxylation is 1. The Morgan fingerprint density at radius 1 is 1.27 bits per heavy atom. The van der Waals surface area contributed by atoms with Gasteiger partial charge in [0.25, 0.3) is 0 Å². The molecule has 0 bridgehead atoms. The molecule has 1 aliphatic carbocycles. The van der Waals surface area contributed by atoms with Crippen LogP contribution in [0.25, 0.3) is 0 Å². The molecule has 1 aromatic rings. The third-order valence-electron chi connectivity index (χ3n) is 2.69. The first kappa shape index (κ1) is 10.9. The van der Waals surface area contributed by atoms with Gasteiger partial charge in [-0.15, -0.1) is 0 Å². The normalized spacial score (nSPS) is 18.4. The van der Waals surface area contributed by atoms with Gasteiger partial charge in [0.1, 0.15) is 7.11 Å². The topological polar surface area (TPSA) is 21.6 Å². The van der Waals surface area contributed by atoms with Crippen LogP contribution in [0.15, 0.2) is 23.4 Å². The van der Waals surface area contributed by atoms with Crippen LogP contribution in [0.1, 0.15) is 30.4 Å². The highest BCUT2D eigenvalue weighted by Gasteiger charge is 2.14. The minimum Gasteiger partial charge on any atom is -0.399 e. The second-order valence-electron chi connectivity index (χ2n) is 3.73. The van der Waals surface area contributed by atoms with Crippen LogP contribution in [-0.2, 0) is 11.3 Å². The molecule has 0 aliphatic heterocycles. The molecule has 2 nitrogen and oxygen atoms in total. The van der Waals surface area contributed by atoms with Crippen molar-refractivity contribution in [3.63, 3.8) is 0 Å². The fraction of sp³-hybridized carbons (Fsp3) is 0.417. The van der Waals surface area contributed by atoms with Gasteiger partial charge in [-0.25, -0.2) is 0 Å². The molecule has 0 aromatic heterocycles. The third kappa shape index (κ3) is 2.51. The van der Waals surface area contributed by atoms with Gasteiger partial charge in [-0.05, 0) is 66.0 Å². The zero-order valence-electron chi connectivity index (χ0n) is 8.79. The Labute approximate surface area is 104 Å². The van der Waals surface area contributed by atoms with E-state index in [9.17, 15) is 0 Å². The molecule has 80 valence electrons. The van der Waals surface area contributed by atoms with E-state index in [-0.39, 0.29) is 0 Å². The molecule has 15 heavy (non-hydrogen) atoms. The fourth-order valence-corrected chi connectivity index (χ4v) is 2.47. The van der Waals surface area contributed by atoms with Gasteiger partial charge in [0, 0.05) is 9.13 Å². The van der Waals surface area contributed by atoms with Crippen molar-refractivity contribution in [1.82, 2.24) is 0 Å². The van der Waals surface area contributed by atoms with Gasteiger partial charge in [-0.3, -0.25) is 0 Å². The molecule has 1 aromatic carbocycles. The maximum absolute atomic E-state index is 4.92. The van der Waals surface area contributed by atoms with Gasteiger partial charge in [-0.1, -0.05) is 11.2 Å². The second kappa shape index (κ2) is 4.96. The minimum atomic E-state index is 1.03. The molecule has 3 heteroatoms. The Bertz CT molecular complexity index is 387. The summed E-state index contributed by atoms with van der Waals surface area (Å²) in [4.78, 5) is 4.92. The highest BCUT2D eigenvalue weighted by molar-refractivity contribution is 14.1. The van der Waals surface area contributed by atoms with Gasteiger partial charge in [0.2, 0.25) is 0 Å². The van der Waals surface area contributed by atoms with Gasteiger partial charge >= 0.3 is 0 Å². The van der Waals surface area contributed by atoms with E-state index in [0.717, 1.165) is 18.6 Å². The average molecular weight is 315 g/mol. The van der Waals surface area contributed by atoms with Crippen molar-refractivity contribution in [2.24, 2.45) is 5.16 Å². The van der Waals surface area contributed by atoms with Crippen molar-refractivity contribution in [3.8, 4) is 0 Å². The lowest BCUT2D eigenvalue weighted by molar-refractivity contribution is 0.213. The molecule has 0 radical (unpaired) electrons. The number of hydrogen-bond acceptors (Lipinski definition) is 2. The highest BCUT2D eigenvalue weighted by atomic mass is 127. The minimum absolute atomic E-state index is 1.03. The number of fused-ring (bicyclic) bond motifs is 1. The van der Waals surface area contributed by atoms with E-state index in [1.807, 2.05) is 0 Å². The van der Waals surface area contributed by atoms with Crippen LogP contribution in [0.2, 0.25) is 0 Å². The summed E-state index contributed by atoms with van der Waals surface area (Å²) in [5, 5.41) is 4.14. The Morgan fingerprint density at radius 3 is 2.87 bits per heavy atom. The Kier molecular flexibility index (Phi) is 3.61. The molecule has 0 spiro atoms. The Balaban J connectivity index is 2.47. The van der Waals surface area contributed by atoms with Crippen LogP contribution in [0, 0.1) is 3.57 Å². The standard InChI is InChI=1S/C12H14INO/c1-15-14-12-5-3-2-4-9-6-7-10(13)8-11(9)12/h6-8H,2-5H2,1H3/b14-12-. The fourth-order valence-electron chi connectivity index (χ4n) is 1.98. The smallest absolute Gasteiger partial charge is 0.106 e.